The molecular formula is C11H19N5. The summed E-state index contributed by atoms with van der Waals surface area (Å²) in [5, 5.41) is 7.38. The molecule has 1 aliphatic heterocycles. The van der Waals surface area contributed by atoms with Gasteiger partial charge in [0.15, 0.2) is 0 Å². The van der Waals surface area contributed by atoms with Gasteiger partial charge in [-0.25, -0.2) is 0 Å². The molecular weight excluding hydrogens is 202 g/mol. The number of anilines is 1. The van der Waals surface area contributed by atoms with Crippen LogP contribution in [0.5, 0.6) is 0 Å². The fourth-order valence-corrected chi connectivity index (χ4v) is 2.38. The average Bonchev–Trinajstić information content (AvgIpc) is 3.07. The molecule has 0 bridgehead atoms. The summed E-state index contributed by atoms with van der Waals surface area (Å²) in [6.45, 7) is 2.85. The van der Waals surface area contributed by atoms with E-state index in [-0.39, 0.29) is 0 Å². The number of rotatable bonds is 3. The van der Waals surface area contributed by atoms with Crippen molar-refractivity contribution in [3.63, 3.8) is 0 Å². The second-order valence-corrected chi connectivity index (χ2v) is 4.98. The van der Waals surface area contributed by atoms with Crippen molar-refractivity contribution in [1.29, 1.82) is 0 Å². The van der Waals surface area contributed by atoms with Crippen LogP contribution in [0.1, 0.15) is 37.4 Å². The van der Waals surface area contributed by atoms with Crippen molar-refractivity contribution in [3.8, 4) is 0 Å². The van der Waals surface area contributed by atoms with Crippen LogP contribution in [-0.4, -0.2) is 34.8 Å². The van der Waals surface area contributed by atoms with Gasteiger partial charge in [-0.05, 0) is 38.1 Å². The maximum Gasteiger partial charge on any atom is 0.244 e. The minimum atomic E-state index is 0.608. The largest absolute Gasteiger partial charge is 0.339 e. The van der Waals surface area contributed by atoms with E-state index in [1.165, 1.54) is 25.7 Å². The van der Waals surface area contributed by atoms with Crippen LogP contribution >= 0.6 is 0 Å². The van der Waals surface area contributed by atoms with E-state index in [1.54, 1.807) is 0 Å². The van der Waals surface area contributed by atoms with E-state index < -0.39 is 0 Å². The summed E-state index contributed by atoms with van der Waals surface area (Å²) in [6, 6.07) is 0. The molecule has 1 unspecified atom stereocenters. The van der Waals surface area contributed by atoms with Gasteiger partial charge in [0, 0.05) is 19.0 Å². The molecule has 88 valence electrons. The minimum absolute atomic E-state index is 0.608. The molecule has 0 amide bonds. The first kappa shape index (κ1) is 10.1. The first-order valence-corrected chi connectivity index (χ1v) is 6.24. The number of H-pyrrole nitrogens is 1. The van der Waals surface area contributed by atoms with Gasteiger partial charge in [-0.1, -0.05) is 0 Å². The number of nitrogens with one attached hydrogen (secondary N) is 1. The van der Waals surface area contributed by atoms with Gasteiger partial charge in [0.2, 0.25) is 5.95 Å². The number of aromatic nitrogens is 3. The second-order valence-electron chi connectivity index (χ2n) is 4.98. The van der Waals surface area contributed by atoms with Gasteiger partial charge in [0.05, 0.1) is 0 Å². The molecule has 0 spiro atoms. The summed E-state index contributed by atoms with van der Waals surface area (Å²) < 4.78 is 0. The van der Waals surface area contributed by atoms with Gasteiger partial charge < -0.3 is 10.6 Å². The molecule has 0 radical (unpaired) electrons. The average molecular weight is 221 g/mol. The van der Waals surface area contributed by atoms with Crippen LogP contribution in [0.3, 0.4) is 0 Å². The Morgan fingerprint density at radius 3 is 3.00 bits per heavy atom. The molecule has 16 heavy (non-hydrogen) atoms. The third-order valence-electron chi connectivity index (χ3n) is 3.59. The Kier molecular flexibility index (Phi) is 2.55. The molecule has 1 atom stereocenters. The molecule has 1 saturated carbocycles. The Labute approximate surface area is 95.4 Å². The molecule has 1 aliphatic carbocycles. The van der Waals surface area contributed by atoms with Gasteiger partial charge in [0.1, 0.15) is 5.82 Å². The Morgan fingerprint density at radius 2 is 2.25 bits per heavy atom. The molecule has 2 aliphatic rings. The molecule has 3 N–H and O–H groups in total. The predicted molar refractivity (Wildman–Crippen MR) is 62.3 cm³/mol. The molecule has 1 saturated heterocycles. The van der Waals surface area contributed by atoms with Crippen molar-refractivity contribution < 1.29 is 0 Å². The summed E-state index contributed by atoms with van der Waals surface area (Å²) in [6.07, 6.45) is 4.97. The van der Waals surface area contributed by atoms with Crippen LogP contribution in [0.2, 0.25) is 0 Å². The maximum absolute atomic E-state index is 5.73. The van der Waals surface area contributed by atoms with Crippen LogP contribution < -0.4 is 10.6 Å². The van der Waals surface area contributed by atoms with Gasteiger partial charge in [0.25, 0.3) is 0 Å². The number of nitrogens with zero attached hydrogens (tertiary/aromatic N) is 3. The summed E-state index contributed by atoms with van der Waals surface area (Å²) in [4.78, 5) is 6.85. The minimum Gasteiger partial charge on any atom is -0.339 e. The Bertz CT molecular complexity index is 357. The van der Waals surface area contributed by atoms with Gasteiger partial charge in [-0.3, -0.25) is 5.10 Å². The van der Waals surface area contributed by atoms with Crippen molar-refractivity contribution in [3.05, 3.63) is 5.82 Å². The molecule has 3 rings (SSSR count). The zero-order valence-corrected chi connectivity index (χ0v) is 9.52. The van der Waals surface area contributed by atoms with E-state index in [9.17, 15) is 0 Å². The van der Waals surface area contributed by atoms with Crippen LogP contribution in [0, 0.1) is 5.92 Å². The fraction of sp³-hybridized carbons (Fsp3) is 0.818. The molecule has 1 aromatic rings. The van der Waals surface area contributed by atoms with Crippen molar-refractivity contribution >= 4 is 5.95 Å². The van der Waals surface area contributed by atoms with E-state index in [1.807, 2.05) is 0 Å². The van der Waals surface area contributed by atoms with Crippen LogP contribution in [0.15, 0.2) is 0 Å². The highest BCUT2D eigenvalue weighted by Crippen LogP contribution is 2.38. The van der Waals surface area contributed by atoms with E-state index in [2.05, 4.69) is 20.1 Å². The summed E-state index contributed by atoms with van der Waals surface area (Å²) in [5.41, 5.74) is 5.73. The van der Waals surface area contributed by atoms with Crippen molar-refractivity contribution in [2.24, 2.45) is 11.7 Å². The number of hydrogen-bond donors (Lipinski definition) is 2. The van der Waals surface area contributed by atoms with Crippen molar-refractivity contribution in [2.45, 2.75) is 31.6 Å². The monoisotopic (exact) mass is 221 g/mol. The van der Waals surface area contributed by atoms with Crippen molar-refractivity contribution in [1.82, 2.24) is 15.2 Å². The quantitative estimate of drug-likeness (QED) is 0.794. The van der Waals surface area contributed by atoms with Gasteiger partial charge in [-0.15, -0.1) is 5.10 Å². The third-order valence-corrected chi connectivity index (χ3v) is 3.59. The lowest BCUT2D eigenvalue weighted by molar-refractivity contribution is 0.419. The highest BCUT2D eigenvalue weighted by Gasteiger charge is 2.28. The maximum atomic E-state index is 5.73. The van der Waals surface area contributed by atoms with Gasteiger partial charge in [-0.2, -0.15) is 4.98 Å². The molecule has 1 aromatic heterocycles. The summed E-state index contributed by atoms with van der Waals surface area (Å²) in [5.74, 6) is 3.21. The Morgan fingerprint density at radius 1 is 1.38 bits per heavy atom. The first-order chi connectivity index (χ1) is 7.86. The molecule has 2 heterocycles. The number of hydrogen-bond acceptors (Lipinski definition) is 4. The standard InChI is InChI=1S/C11H19N5/c12-6-8-2-1-5-16(7-8)11-13-10(14-15-11)9-3-4-9/h8-9H,1-7,12H2,(H,13,14,15). The lowest BCUT2D eigenvalue weighted by Gasteiger charge is -2.31. The fourth-order valence-electron chi connectivity index (χ4n) is 2.38. The van der Waals surface area contributed by atoms with E-state index in [0.717, 1.165) is 31.4 Å². The highest BCUT2D eigenvalue weighted by atomic mass is 15.4. The molecule has 0 aromatic carbocycles. The highest BCUT2D eigenvalue weighted by molar-refractivity contribution is 5.30. The SMILES string of the molecule is NCC1CCCN(c2n[nH]c(C3CC3)n2)C1. The topological polar surface area (TPSA) is 70.8 Å². The smallest absolute Gasteiger partial charge is 0.244 e. The Hall–Kier alpha value is -1.10. The summed E-state index contributed by atoms with van der Waals surface area (Å²) in [7, 11) is 0. The van der Waals surface area contributed by atoms with Crippen LogP contribution in [-0.2, 0) is 0 Å². The van der Waals surface area contributed by atoms with E-state index in [4.69, 9.17) is 5.73 Å². The zero-order chi connectivity index (χ0) is 11.0. The zero-order valence-electron chi connectivity index (χ0n) is 9.52. The Balaban J connectivity index is 1.70. The van der Waals surface area contributed by atoms with E-state index in [0.29, 0.717) is 11.8 Å². The second kappa shape index (κ2) is 4.05. The summed E-state index contributed by atoms with van der Waals surface area (Å²) >= 11 is 0. The number of piperidine rings is 1. The predicted octanol–water partition coefficient (Wildman–Crippen LogP) is 0.857. The van der Waals surface area contributed by atoms with Crippen LogP contribution in [0.25, 0.3) is 0 Å². The molecule has 5 heteroatoms. The normalized spacial score (nSPS) is 26.1. The van der Waals surface area contributed by atoms with Gasteiger partial charge >= 0.3 is 0 Å². The lowest BCUT2D eigenvalue weighted by Crippen LogP contribution is -2.38. The lowest BCUT2D eigenvalue weighted by atomic mass is 9.99. The van der Waals surface area contributed by atoms with Crippen LogP contribution in [0.4, 0.5) is 5.95 Å². The first-order valence-electron chi connectivity index (χ1n) is 6.24. The number of nitrogens with two attached hydrogens (primary N) is 1. The molecule has 5 nitrogen and oxygen atoms in total. The number of aromatic amines is 1. The third kappa shape index (κ3) is 1.91. The van der Waals surface area contributed by atoms with E-state index >= 15 is 0 Å². The van der Waals surface area contributed by atoms with Crippen molar-refractivity contribution in [2.75, 3.05) is 24.5 Å². The molecule has 2 fully saturated rings.